The minimum absolute atomic E-state index is 0.0566. The molecule has 0 fully saturated rings. The lowest BCUT2D eigenvalue weighted by Crippen LogP contribution is -2.23. The zero-order chi connectivity index (χ0) is 23.1. The summed E-state index contributed by atoms with van der Waals surface area (Å²) < 4.78 is 56.9. The molecule has 1 aliphatic carbocycles. The predicted octanol–water partition coefficient (Wildman–Crippen LogP) is 4.49. The van der Waals surface area contributed by atoms with Crippen LogP contribution < -0.4 is 0 Å². The first-order valence-corrected chi connectivity index (χ1v) is 13.1. The second-order valence-corrected chi connectivity index (χ2v) is 11.5. The number of fused-ring (bicyclic) bond motifs is 1. The van der Waals surface area contributed by atoms with Crippen molar-refractivity contribution in [3.63, 3.8) is 0 Å². The van der Waals surface area contributed by atoms with E-state index in [9.17, 15) is 21.6 Å². The van der Waals surface area contributed by atoms with Gasteiger partial charge in [-0.1, -0.05) is 57.9 Å². The molecule has 0 N–H and O–H groups in total. The molecule has 0 saturated heterocycles. The number of hydrogen-bond donors (Lipinski definition) is 0. The molecule has 0 radical (unpaired) electrons. The normalized spacial score (nSPS) is 15.4. The summed E-state index contributed by atoms with van der Waals surface area (Å²) in [5.41, 5.74) is 1.07. The van der Waals surface area contributed by atoms with Crippen molar-refractivity contribution in [1.82, 2.24) is 0 Å². The molecule has 4 rings (SSSR count). The van der Waals surface area contributed by atoms with Gasteiger partial charge in [-0.05, 0) is 49.4 Å². The van der Waals surface area contributed by atoms with Crippen LogP contribution in [0.5, 0.6) is 0 Å². The van der Waals surface area contributed by atoms with E-state index in [0.717, 1.165) is 11.6 Å². The maximum atomic E-state index is 13.2. The van der Waals surface area contributed by atoms with E-state index in [-0.39, 0.29) is 26.6 Å². The molecule has 0 unspecified atom stereocenters. The number of hydrogen-bond acceptors (Lipinski definition) is 5. The largest absolute Gasteiger partial charge is 0.288 e. The summed E-state index contributed by atoms with van der Waals surface area (Å²) in [6.07, 6.45) is 1.04. The zero-order valence-corrected chi connectivity index (χ0v) is 19.9. The van der Waals surface area contributed by atoms with Crippen molar-refractivity contribution in [2.24, 2.45) is 4.40 Å². The summed E-state index contributed by atoms with van der Waals surface area (Å²) in [5, 5.41) is 0. The van der Waals surface area contributed by atoms with Crippen LogP contribution in [0.3, 0.4) is 0 Å². The number of rotatable bonds is 4. The lowest BCUT2D eigenvalue weighted by molar-refractivity contribution is 0.104. The van der Waals surface area contributed by atoms with E-state index in [1.165, 1.54) is 36.4 Å². The van der Waals surface area contributed by atoms with E-state index in [1.807, 2.05) is 6.92 Å². The van der Waals surface area contributed by atoms with Gasteiger partial charge >= 0.3 is 0 Å². The summed E-state index contributed by atoms with van der Waals surface area (Å²) in [5.74, 6) is -0.707. The van der Waals surface area contributed by atoms with Crippen LogP contribution in [0, 0.1) is 6.92 Å². The number of nitrogens with zero attached hydrogens (tertiary/aromatic N) is 1. The maximum Gasteiger partial charge on any atom is 0.282 e. The Kier molecular flexibility index (Phi) is 5.74. The Hall–Kier alpha value is -2.88. The van der Waals surface area contributed by atoms with Crippen molar-refractivity contribution in [3.8, 4) is 0 Å². The predicted molar refractivity (Wildman–Crippen MR) is 125 cm³/mol. The lowest BCUT2D eigenvalue weighted by atomic mass is 9.94. The van der Waals surface area contributed by atoms with Crippen LogP contribution >= 0.6 is 15.9 Å². The number of ketones is 1. The Morgan fingerprint density at radius 1 is 0.750 bits per heavy atom. The fourth-order valence-electron chi connectivity index (χ4n) is 3.21. The highest BCUT2D eigenvalue weighted by molar-refractivity contribution is 9.10. The molecular formula is C23H16BrNO5S2. The monoisotopic (exact) mass is 529 g/mol. The van der Waals surface area contributed by atoms with Gasteiger partial charge in [0.25, 0.3) is 10.0 Å². The van der Waals surface area contributed by atoms with E-state index in [0.29, 0.717) is 4.47 Å². The van der Waals surface area contributed by atoms with Gasteiger partial charge < -0.3 is 0 Å². The number of sulfonamides is 1. The second kappa shape index (κ2) is 8.23. The van der Waals surface area contributed by atoms with Crippen molar-refractivity contribution >= 4 is 47.3 Å². The van der Waals surface area contributed by atoms with Crippen molar-refractivity contribution in [1.29, 1.82) is 0 Å². The van der Waals surface area contributed by atoms with E-state index < -0.39 is 30.5 Å². The minimum atomic E-state index is -4.20. The first kappa shape index (κ1) is 22.3. The van der Waals surface area contributed by atoms with Crippen LogP contribution in [-0.4, -0.2) is 28.3 Å². The number of sulfone groups is 1. The molecule has 162 valence electrons. The van der Waals surface area contributed by atoms with Gasteiger partial charge in [-0.2, -0.15) is 12.8 Å². The Morgan fingerprint density at radius 2 is 1.31 bits per heavy atom. The van der Waals surface area contributed by atoms with Crippen molar-refractivity contribution in [2.75, 3.05) is 0 Å². The third kappa shape index (κ3) is 4.11. The Morgan fingerprint density at radius 3 is 1.94 bits per heavy atom. The average Bonchev–Trinajstić information content (AvgIpc) is 2.76. The SMILES string of the molecule is Cc1ccc(S(=O)(=O)C2=CC(=NS(=O)(=O)c3ccc(Br)cc3)c3ccccc3C2=O)cc1. The Bertz CT molecular complexity index is 1500. The van der Waals surface area contributed by atoms with Crippen LogP contribution in [-0.2, 0) is 19.9 Å². The smallest absolute Gasteiger partial charge is 0.282 e. The van der Waals surface area contributed by atoms with Crippen LogP contribution in [0.25, 0.3) is 0 Å². The number of carbonyl (C=O) groups excluding carboxylic acids is 1. The molecule has 32 heavy (non-hydrogen) atoms. The highest BCUT2D eigenvalue weighted by Gasteiger charge is 2.34. The zero-order valence-electron chi connectivity index (χ0n) is 16.7. The third-order valence-electron chi connectivity index (χ3n) is 4.89. The van der Waals surface area contributed by atoms with E-state index in [1.54, 1.807) is 36.4 Å². The van der Waals surface area contributed by atoms with Gasteiger partial charge in [0.2, 0.25) is 15.6 Å². The molecule has 0 aliphatic heterocycles. The molecule has 0 spiro atoms. The van der Waals surface area contributed by atoms with Gasteiger partial charge in [0.15, 0.2) is 0 Å². The maximum absolute atomic E-state index is 13.2. The highest BCUT2D eigenvalue weighted by atomic mass is 79.9. The van der Waals surface area contributed by atoms with Crippen molar-refractivity contribution in [2.45, 2.75) is 16.7 Å². The number of aryl methyl sites for hydroxylation is 1. The quantitative estimate of drug-likeness (QED) is 0.495. The van der Waals surface area contributed by atoms with Gasteiger partial charge in [-0.25, -0.2) is 8.42 Å². The second-order valence-electron chi connectivity index (χ2n) is 7.11. The summed E-state index contributed by atoms with van der Waals surface area (Å²) in [6, 6.07) is 18.2. The standard InChI is InChI=1S/C23H16BrNO5S2/c1-15-6-10-17(11-7-15)31(27,28)22-14-21(19-4-2-3-5-20(19)23(22)26)25-32(29,30)18-12-8-16(24)9-13-18/h2-14H,1H3. The molecule has 6 nitrogen and oxygen atoms in total. The van der Waals surface area contributed by atoms with Gasteiger partial charge in [0.1, 0.15) is 4.91 Å². The molecule has 0 atom stereocenters. The first-order valence-electron chi connectivity index (χ1n) is 9.38. The van der Waals surface area contributed by atoms with Crippen LogP contribution in [0.15, 0.2) is 102 Å². The van der Waals surface area contributed by atoms with Gasteiger partial charge in [0, 0.05) is 15.6 Å². The summed E-state index contributed by atoms with van der Waals surface area (Å²) >= 11 is 3.25. The molecule has 0 saturated carbocycles. The number of halogens is 1. The fourth-order valence-corrected chi connectivity index (χ4v) is 5.84. The molecule has 0 amide bonds. The molecule has 0 aromatic heterocycles. The van der Waals surface area contributed by atoms with Gasteiger partial charge in [-0.3, -0.25) is 4.79 Å². The molecule has 1 aliphatic rings. The van der Waals surface area contributed by atoms with Gasteiger partial charge in [-0.15, -0.1) is 0 Å². The van der Waals surface area contributed by atoms with Gasteiger partial charge in [0.05, 0.1) is 15.5 Å². The number of carbonyl (C=O) groups is 1. The number of benzene rings is 3. The topological polar surface area (TPSA) is 97.7 Å². The molecule has 0 bridgehead atoms. The summed E-state index contributed by atoms with van der Waals surface area (Å²) in [6.45, 7) is 1.81. The minimum Gasteiger partial charge on any atom is -0.288 e. The van der Waals surface area contributed by atoms with Crippen LogP contribution in [0.1, 0.15) is 21.5 Å². The number of allylic oxidation sites excluding steroid dienone is 2. The molecule has 3 aromatic rings. The summed E-state index contributed by atoms with van der Waals surface area (Å²) in [4.78, 5) is 12.4. The Balaban J connectivity index is 1.92. The van der Waals surface area contributed by atoms with Crippen LogP contribution in [0.2, 0.25) is 0 Å². The molecular weight excluding hydrogens is 514 g/mol. The molecule has 0 heterocycles. The summed E-state index contributed by atoms with van der Waals surface area (Å²) in [7, 11) is -8.36. The fraction of sp³-hybridized carbons (Fsp3) is 0.0435. The highest BCUT2D eigenvalue weighted by Crippen LogP contribution is 2.30. The molecule has 9 heteroatoms. The first-order chi connectivity index (χ1) is 15.1. The molecule has 3 aromatic carbocycles. The third-order valence-corrected chi connectivity index (χ3v) is 8.50. The lowest BCUT2D eigenvalue weighted by Gasteiger charge is -2.18. The van der Waals surface area contributed by atoms with E-state index >= 15 is 0 Å². The Labute approximate surface area is 194 Å². The van der Waals surface area contributed by atoms with Crippen molar-refractivity contribution < 1.29 is 21.6 Å². The number of Topliss-reactive ketones (excluding diaryl/α,β-unsaturated/α-hetero) is 1. The average molecular weight is 530 g/mol. The van der Waals surface area contributed by atoms with Crippen LogP contribution in [0.4, 0.5) is 0 Å². The van der Waals surface area contributed by atoms with Crippen molar-refractivity contribution in [3.05, 3.63) is 105 Å². The van der Waals surface area contributed by atoms with E-state index in [4.69, 9.17) is 0 Å². The van der Waals surface area contributed by atoms with E-state index in [2.05, 4.69) is 20.3 Å².